The van der Waals surface area contributed by atoms with Crippen LogP contribution in [0.5, 0.6) is 0 Å². The third-order valence-corrected chi connectivity index (χ3v) is 3.62. The Morgan fingerprint density at radius 2 is 1.86 bits per heavy atom. The summed E-state index contributed by atoms with van der Waals surface area (Å²) >= 11 is 0. The van der Waals surface area contributed by atoms with Crippen molar-refractivity contribution >= 4 is 5.96 Å². The van der Waals surface area contributed by atoms with E-state index in [0.29, 0.717) is 12.0 Å². The molecule has 0 spiro atoms. The van der Waals surface area contributed by atoms with Crippen molar-refractivity contribution in [3.8, 4) is 0 Å². The fourth-order valence-electron chi connectivity index (χ4n) is 2.86. The summed E-state index contributed by atoms with van der Waals surface area (Å²) in [5.74, 6) is 1.41. The first kappa shape index (κ1) is 18.3. The molecule has 21 heavy (non-hydrogen) atoms. The van der Waals surface area contributed by atoms with Crippen LogP contribution in [0, 0.1) is 11.3 Å². The average molecular weight is 297 g/mol. The largest absolute Gasteiger partial charge is 0.377 e. The summed E-state index contributed by atoms with van der Waals surface area (Å²) in [6.45, 7) is 17.9. The smallest absolute Gasteiger partial charge is 0.191 e. The van der Waals surface area contributed by atoms with Gasteiger partial charge in [0.1, 0.15) is 0 Å². The van der Waals surface area contributed by atoms with E-state index < -0.39 is 0 Å². The number of hydrogen-bond acceptors (Lipinski definition) is 2. The van der Waals surface area contributed by atoms with E-state index in [-0.39, 0.29) is 11.0 Å². The van der Waals surface area contributed by atoms with Gasteiger partial charge in [0.2, 0.25) is 0 Å². The van der Waals surface area contributed by atoms with E-state index in [4.69, 9.17) is 9.73 Å². The Hall–Kier alpha value is -0.770. The number of hydrogen-bond donors (Lipinski definition) is 2. The van der Waals surface area contributed by atoms with E-state index in [1.54, 1.807) is 0 Å². The van der Waals surface area contributed by atoms with Crippen LogP contribution in [0.15, 0.2) is 4.99 Å². The quantitative estimate of drug-likeness (QED) is 0.621. The van der Waals surface area contributed by atoms with Crippen molar-refractivity contribution in [3.05, 3.63) is 0 Å². The molecule has 0 saturated carbocycles. The normalized spacial score (nSPS) is 24.8. The van der Waals surface area contributed by atoms with Gasteiger partial charge < -0.3 is 15.4 Å². The summed E-state index contributed by atoms with van der Waals surface area (Å²) in [4.78, 5) is 4.80. The molecule has 1 rings (SSSR count). The number of nitrogens with zero attached hydrogens (tertiary/aromatic N) is 1. The molecule has 2 unspecified atom stereocenters. The highest BCUT2D eigenvalue weighted by atomic mass is 16.5. The van der Waals surface area contributed by atoms with Gasteiger partial charge in [0.15, 0.2) is 5.96 Å². The lowest BCUT2D eigenvalue weighted by atomic mass is 9.78. The van der Waals surface area contributed by atoms with E-state index in [0.717, 1.165) is 32.1 Å². The Balaban J connectivity index is 2.72. The lowest BCUT2D eigenvalue weighted by Crippen LogP contribution is -2.48. The highest BCUT2D eigenvalue weighted by Gasteiger charge is 2.35. The van der Waals surface area contributed by atoms with E-state index in [1.807, 2.05) is 0 Å². The second kappa shape index (κ2) is 7.48. The van der Waals surface area contributed by atoms with Gasteiger partial charge in [0.05, 0.1) is 6.10 Å². The Morgan fingerprint density at radius 1 is 1.19 bits per heavy atom. The molecule has 124 valence electrons. The molecule has 4 heteroatoms. The Bertz CT molecular complexity index is 339. The minimum Gasteiger partial charge on any atom is -0.377 e. The molecule has 2 atom stereocenters. The van der Waals surface area contributed by atoms with Crippen molar-refractivity contribution in [2.45, 2.75) is 73.0 Å². The van der Waals surface area contributed by atoms with Crippen LogP contribution >= 0.6 is 0 Å². The molecule has 1 heterocycles. The summed E-state index contributed by atoms with van der Waals surface area (Å²) in [5, 5.41) is 6.78. The molecule has 2 N–H and O–H groups in total. The van der Waals surface area contributed by atoms with Crippen molar-refractivity contribution < 1.29 is 4.74 Å². The fraction of sp³-hybridized carbons (Fsp3) is 0.941. The van der Waals surface area contributed by atoms with E-state index >= 15 is 0 Å². The van der Waals surface area contributed by atoms with Crippen molar-refractivity contribution in [2.75, 3.05) is 19.7 Å². The van der Waals surface area contributed by atoms with E-state index in [1.165, 1.54) is 6.42 Å². The van der Waals surface area contributed by atoms with E-state index in [9.17, 15) is 0 Å². The van der Waals surface area contributed by atoms with Crippen molar-refractivity contribution in [1.29, 1.82) is 0 Å². The van der Waals surface area contributed by atoms with Gasteiger partial charge in [-0.05, 0) is 46.0 Å². The molecule has 1 fully saturated rings. The molecule has 0 bridgehead atoms. The van der Waals surface area contributed by atoms with Crippen LogP contribution in [0.4, 0.5) is 0 Å². The van der Waals surface area contributed by atoms with Gasteiger partial charge in [-0.25, -0.2) is 0 Å². The van der Waals surface area contributed by atoms with Crippen LogP contribution in [0.2, 0.25) is 0 Å². The molecule has 1 saturated heterocycles. The summed E-state index contributed by atoms with van der Waals surface area (Å²) < 4.78 is 6.04. The minimum atomic E-state index is 0.0213. The van der Waals surface area contributed by atoms with Gasteiger partial charge in [-0.3, -0.25) is 4.99 Å². The van der Waals surface area contributed by atoms with E-state index in [2.05, 4.69) is 59.1 Å². The van der Waals surface area contributed by atoms with Crippen LogP contribution in [0.25, 0.3) is 0 Å². The number of rotatable bonds is 3. The molecular formula is C17H35N3O. The Morgan fingerprint density at radius 3 is 2.38 bits per heavy atom. The summed E-state index contributed by atoms with van der Waals surface area (Å²) in [6, 6.07) is 0. The molecular weight excluding hydrogens is 262 g/mol. The maximum atomic E-state index is 6.04. The first-order chi connectivity index (χ1) is 9.63. The van der Waals surface area contributed by atoms with Gasteiger partial charge in [-0.2, -0.15) is 0 Å². The van der Waals surface area contributed by atoms with Crippen LogP contribution in [-0.2, 0) is 4.74 Å². The Kier molecular flexibility index (Phi) is 6.51. The summed E-state index contributed by atoms with van der Waals surface area (Å²) in [7, 11) is 0. The zero-order chi connectivity index (χ0) is 16.1. The molecule has 0 amide bonds. The third-order valence-electron chi connectivity index (χ3n) is 3.62. The Labute approximate surface area is 131 Å². The van der Waals surface area contributed by atoms with Gasteiger partial charge in [0, 0.05) is 31.2 Å². The highest BCUT2D eigenvalue weighted by molar-refractivity contribution is 5.80. The summed E-state index contributed by atoms with van der Waals surface area (Å²) in [5.41, 5.74) is 0.198. The maximum Gasteiger partial charge on any atom is 0.191 e. The topological polar surface area (TPSA) is 45.7 Å². The molecule has 0 aromatic carbocycles. The standard InChI is InChI=1S/C17H35N3O/c1-8-18-15(20-17(5,6)7)19-12-13-10-9-11-21-14(13)16(2,3)4/h13-14H,8-12H2,1-7H3,(H2,18,19,20). The van der Waals surface area contributed by atoms with Gasteiger partial charge in [-0.1, -0.05) is 20.8 Å². The number of aliphatic imine (C=N–C) groups is 1. The second-order valence-corrected chi connectivity index (χ2v) is 8.15. The SMILES string of the molecule is CCNC(=NCC1CCCOC1C(C)(C)C)NC(C)(C)C. The van der Waals surface area contributed by atoms with Crippen molar-refractivity contribution in [1.82, 2.24) is 10.6 Å². The zero-order valence-corrected chi connectivity index (χ0v) is 15.0. The van der Waals surface area contributed by atoms with Gasteiger partial charge in [-0.15, -0.1) is 0 Å². The fourth-order valence-corrected chi connectivity index (χ4v) is 2.86. The molecule has 0 radical (unpaired) electrons. The predicted octanol–water partition coefficient (Wildman–Crippen LogP) is 3.18. The van der Waals surface area contributed by atoms with Crippen molar-refractivity contribution in [2.24, 2.45) is 16.3 Å². The first-order valence-electron chi connectivity index (χ1n) is 8.31. The number of nitrogens with one attached hydrogen (secondary N) is 2. The lowest BCUT2D eigenvalue weighted by molar-refractivity contribution is -0.0823. The monoisotopic (exact) mass is 297 g/mol. The average Bonchev–Trinajstić information content (AvgIpc) is 2.34. The minimum absolute atomic E-state index is 0.0213. The van der Waals surface area contributed by atoms with Crippen molar-refractivity contribution in [3.63, 3.8) is 0 Å². The van der Waals surface area contributed by atoms with Crippen LogP contribution < -0.4 is 10.6 Å². The molecule has 0 aromatic heterocycles. The van der Waals surface area contributed by atoms with Gasteiger partial charge in [0.25, 0.3) is 0 Å². The molecule has 1 aliphatic rings. The molecule has 0 aliphatic carbocycles. The first-order valence-corrected chi connectivity index (χ1v) is 8.31. The van der Waals surface area contributed by atoms with Crippen LogP contribution in [0.1, 0.15) is 61.3 Å². The van der Waals surface area contributed by atoms with Gasteiger partial charge >= 0.3 is 0 Å². The highest BCUT2D eigenvalue weighted by Crippen LogP contribution is 2.34. The third kappa shape index (κ3) is 6.68. The number of guanidine groups is 1. The zero-order valence-electron chi connectivity index (χ0n) is 15.0. The predicted molar refractivity (Wildman–Crippen MR) is 90.8 cm³/mol. The molecule has 4 nitrogen and oxygen atoms in total. The number of ether oxygens (including phenoxy) is 1. The maximum absolute atomic E-state index is 6.04. The molecule has 1 aliphatic heterocycles. The van der Waals surface area contributed by atoms with Crippen LogP contribution in [-0.4, -0.2) is 37.3 Å². The van der Waals surface area contributed by atoms with Crippen LogP contribution in [0.3, 0.4) is 0 Å². The molecule has 0 aromatic rings. The second-order valence-electron chi connectivity index (χ2n) is 8.15. The lowest BCUT2D eigenvalue weighted by Gasteiger charge is -2.39. The summed E-state index contributed by atoms with van der Waals surface area (Å²) in [6.07, 6.45) is 2.66.